The fourth-order valence-electron chi connectivity index (χ4n) is 1.24. The Balaban J connectivity index is 2.31. The van der Waals surface area contributed by atoms with Crippen LogP contribution >= 0.6 is 0 Å². The Hall–Kier alpha value is -0.930. The Labute approximate surface area is 84.3 Å². The first-order valence-corrected chi connectivity index (χ1v) is 4.90. The van der Waals surface area contributed by atoms with E-state index < -0.39 is 0 Å². The molecule has 0 spiro atoms. The quantitative estimate of drug-likeness (QED) is 0.745. The predicted octanol–water partition coefficient (Wildman–Crippen LogP) is 1.31. The van der Waals surface area contributed by atoms with Gasteiger partial charge in [-0.3, -0.25) is 0 Å². The zero-order valence-corrected chi connectivity index (χ0v) is 8.46. The molecule has 0 aromatic heterocycles. The standard InChI is InChI=1S/C11H17FN2/c1-9(8-13)14-6-5-10-3-2-4-11(12)7-10/h2-4,7,9,14H,5-6,8,13H2,1H3/t9-/m0/s1. The summed E-state index contributed by atoms with van der Waals surface area (Å²) in [5.74, 6) is -0.172. The van der Waals surface area contributed by atoms with E-state index in [4.69, 9.17) is 5.73 Å². The van der Waals surface area contributed by atoms with Crippen LogP contribution in [0.2, 0.25) is 0 Å². The molecular weight excluding hydrogens is 179 g/mol. The molecule has 1 aromatic rings. The van der Waals surface area contributed by atoms with Gasteiger partial charge in [-0.2, -0.15) is 0 Å². The van der Waals surface area contributed by atoms with Gasteiger partial charge in [0.2, 0.25) is 0 Å². The minimum Gasteiger partial charge on any atom is -0.329 e. The van der Waals surface area contributed by atoms with Crippen LogP contribution < -0.4 is 11.1 Å². The lowest BCUT2D eigenvalue weighted by molar-refractivity contribution is 0.557. The number of nitrogens with two attached hydrogens (primary N) is 1. The summed E-state index contributed by atoms with van der Waals surface area (Å²) in [7, 11) is 0. The summed E-state index contributed by atoms with van der Waals surface area (Å²) >= 11 is 0. The molecule has 0 saturated heterocycles. The first-order chi connectivity index (χ1) is 6.72. The van der Waals surface area contributed by atoms with Crippen LogP contribution in [0.5, 0.6) is 0 Å². The normalized spacial score (nSPS) is 12.8. The molecule has 2 nitrogen and oxygen atoms in total. The summed E-state index contributed by atoms with van der Waals surface area (Å²) in [4.78, 5) is 0. The van der Waals surface area contributed by atoms with Crippen LogP contribution in [0.1, 0.15) is 12.5 Å². The third-order valence-electron chi connectivity index (χ3n) is 2.15. The van der Waals surface area contributed by atoms with Gasteiger partial charge in [-0.05, 0) is 37.6 Å². The zero-order chi connectivity index (χ0) is 10.4. The van der Waals surface area contributed by atoms with Gasteiger partial charge in [0.05, 0.1) is 0 Å². The highest BCUT2D eigenvalue weighted by atomic mass is 19.1. The summed E-state index contributed by atoms with van der Waals surface area (Å²) in [6, 6.07) is 7.01. The third-order valence-corrected chi connectivity index (χ3v) is 2.15. The Morgan fingerprint density at radius 3 is 2.93 bits per heavy atom. The largest absolute Gasteiger partial charge is 0.329 e. The average Bonchev–Trinajstić information content (AvgIpc) is 2.17. The maximum atomic E-state index is 12.8. The third kappa shape index (κ3) is 3.85. The number of halogens is 1. The van der Waals surface area contributed by atoms with Gasteiger partial charge < -0.3 is 11.1 Å². The van der Waals surface area contributed by atoms with Crippen molar-refractivity contribution >= 4 is 0 Å². The van der Waals surface area contributed by atoms with Crippen LogP contribution in [-0.2, 0) is 6.42 Å². The highest BCUT2D eigenvalue weighted by molar-refractivity contribution is 5.16. The number of rotatable bonds is 5. The minimum absolute atomic E-state index is 0.172. The summed E-state index contributed by atoms with van der Waals surface area (Å²) in [6.07, 6.45) is 0.835. The van der Waals surface area contributed by atoms with Crippen molar-refractivity contribution in [2.45, 2.75) is 19.4 Å². The molecule has 0 unspecified atom stereocenters. The Bertz CT molecular complexity index is 276. The second-order valence-corrected chi connectivity index (χ2v) is 3.47. The van der Waals surface area contributed by atoms with Gasteiger partial charge in [0.1, 0.15) is 5.82 Å². The SMILES string of the molecule is C[C@@H](CN)NCCc1cccc(F)c1. The molecule has 0 aliphatic rings. The topological polar surface area (TPSA) is 38.0 Å². The minimum atomic E-state index is -0.172. The Morgan fingerprint density at radius 1 is 1.50 bits per heavy atom. The van der Waals surface area contributed by atoms with Gasteiger partial charge in [0.25, 0.3) is 0 Å². The van der Waals surface area contributed by atoms with Crippen LogP contribution in [0.3, 0.4) is 0 Å². The molecule has 1 rings (SSSR count). The molecule has 0 amide bonds. The average molecular weight is 196 g/mol. The van der Waals surface area contributed by atoms with E-state index in [1.54, 1.807) is 12.1 Å². The summed E-state index contributed by atoms with van der Waals surface area (Å²) < 4.78 is 12.8. The Kier molecular flexibility index (Phi) is 4.56. The van der Waals surface area contributed by atoms with Crippen molar-refractivity contribution < 1.29 is 4.39 Å². The lowest BCUT2D eigenvalue weighted by atomic mass is 10.1. The fourth-order valence-corrected chi connectivity index (χ4v) is 1.24. The number of hydrogen-bond donors (Lipinski definition) is 2. The van der Waals surface area contributed by atoms with E-state index in [-0.39, 0.29) is 5.82 Å². The van der Waals surface area contributed by atoms with Crippen LogP contribution in [0.25, 0.3) is 0 Å². The molecule has 1 aromatic carbocycles. The monoisotopic (exact) mass is 196 g/mol. The van der Waals surface area contributed by atoms with Gasteiger partial charge in [0.15, 0.2) is 0 Å². The summed E-state index contributed by atoms with van der Waals surface area (Å²) in [5.41, 5.74) is 6.47. The van der Waals surface area contributed by atoms with E-state index in [1.807, 2.05) is 13.0 Å². The lowest BCUT2D eigenvalue weighted by Gasteiger charge is -2.10. The van der Waals surface area contributed by atoms with Crippen LogP contribution in [-0.4, -0.2) is 19.1 Å². The molecule has 1 atom stereocenters. The van der Waals surface area contributed by atoms with Crippen LogP contribution in [0, 0.1) is 5.82 Å². The van der Waals surface area contributed by atoms with Crippen molar-refractivity contribution in [3.8, 4) is 0 Å². The van der Waals surface area contributed by atoms with Gasteiger partial charge in [0, 0.05) is 12.6 Å². The molecule has 0 bridgehead atoms. The molecule has 0 fully saturated rings. The molecule has 0 aliphatic carbocycles. The number of benzene rings is 1. The van der Waals surface area contributed by atoms with Crippen LogP contribution in [0.4, 0.5) is 4.39 Å². The van der Waals surface area contributed by atoms with E-state index in [9.17, 15) is 4.39 Å². The fraction of sp³-hybridized carbons (Fsp3) is 0.455. The van der Waals surface area contributed by atoms with Gasteiger partial charge in [-0.25, -0.2) is 4.39 Å². The number of hydrogen-bond acceptors (Lipinski definition) is 2. The molecule has 0 heterocycles. The highest BCUT2D eigenvalue weighted by Crippen LogP contribution is 2.03. The molecule has 0 aliphatic heterocycles. The summed E-state index contributed by atoms with van der Waals surface area (Å²) in [6.45, 7) is 3.50. The lowest BCUT2D eigenvalue weighted by Crippen LogP contribution is -2.34. The van der Waals surface area contributed by atoms with Gasteiger partial charge in [-0.15, -0.1) is 0 Å². The molecule has 0 saturated carbocycles. The van der Waals surface area contributed by atoms with Gasteiger partial charge in [-0.1, -0.05) is 12.1 Å². The molecule has 14 heavy (non-hydrogen) atoms. The van der Waals surface area contributed by atoms with Crippen molar-refractivity contribution in [2.75, 3.05) is 13.1 Å². The molecule has 3 heteroatoms. The van der Waals surface area contributed by atoms with Crippen molar-refractivity contribution in [3.05, 3.63) is 35.6 Å². The van der Waals surface area contributed by atoms with E-state index in [0.29, 0.717) is 12.6 Å². The zero-order valence-electron chi connectivity index (χ0n) is 8.46. The first kappa shape index (κ1) is 11.1. The van der Waals surface area contributed by atoms with Crippen molar-refractivity contribution in [1.82, 2.24) is 5.32 Å². The summed E-state index contributed by atoms with van der Waals surface area (Å²) in [5, 5.41) is 3.25. The van der Waals surface area contributed by atoms with E-state index >= 15 is 0 Å². The highest BCUT2D eigenvalue weighted by Gasteiger charge is 1.98. The van der Waals surface area contributed by atoms with Crippen molar-refractivity contribution in [1.29, 1.82) is 0 Å². The van der Waals surface area contributed by atoms with E-state index in [2.05, 4.69) is 5.32 Å². The second kappa shape index (κ2) is 5.73. The van der Waals surface area contributed by atoms with E-state index in [0.717, 1.165) is 18.5 Å². The predicted molar refractivity (Wildman–Crippen MR) is 56.6 cm³/mol. The molecule has 3 N–H and O–H groups in total. The molecule has 78 valence electrons. The second-order valence-electron chi connectivity index (χ2n) is 3.47. The maximum absolute atomic E-state index is 12.8. The first-order valence-electron chi connectivity index (χ1n) is 4.90. The molecular formula is C11H17FN2. The maximum Gasteiger partial charge on any atom is 0.123 e. The Morgan fingerprint density at radius 2 is 2.29 bits per heavy atom. The molecule has 0 radical (unpaired) electrons. The van der Waals surface area contributed by atoms with Crippen LogP contribution in [0.15, 0.2) is 24.3 Å². The van der Waals surface area contributed by atoms with Gasteiger partial charge >= 0.3 is 0 Å². The number of nitrogens with one attached hydrogen (secondary N) is 1. The van der Waals surface area contributed by atoms with Crippen molar-refractivity contribution in [3.63, 3.8) is 0 Å². The smallest absolute Gasteiger partial charge is 0.123 e. The van der Waals surface area contributed by atoms with E-state index in [1.165, 1.54) is 6.07 Å². The van der Waals surface area contributed by atoms with Crippen molar-refractivity contribution in [2.24, 2.45) is 5.73 Å².